The second kappa shape index (κ2) is 15.5. The van der Waals surface area contributed by atoms with Crippen LogP contribution in [0.15, 0.2) is 33.7 Å². The van der Waals surface area contributed by atoms with Crippen molar-refractivity contribution >= 4 is 20.3 Å². The summed E-state index contributed by atoms with van der Waals surface area (Å²) in [7, 11) is -2.31. The number of allylic oxidation sites excluding steroid dienone is 1. The van der Waals surface area contributed by atoms with Crippen LogP contribution in [0.3, 0.4) is 0 Å². The Labute approximate surface area is 285 Å². The molecular weight excluding hydrogens is 609 g/mol. The molecule has 0 aliphatic heterocycles. The monoisotopic (exact) mass is 672 g/mol. The van der Waals surface area contributed by atoms with Gasteiger partial charge in [0, 0.05) is 12.5 Å². The molecule has 0 unspecified atom stereocenters. The van der Waals surface area contributed by atoms with Crippen LogP contribution in [0.2, 0.25) is 18.1 Å². The van der Waals surface area contributed by atoms with Crippen molar-refractivity contribution in [3.63, 3.8) is 0 Å². The molecule has 6 atom stereocenters. The maximum Gasteiger partial charge on any atom is 0.324 e. The van der Waals surface area contributed by atoms with E-state index in [2.05, 4.69) is 82.0 Å². The van der Waals surface area contributed by atoms with Crippen molar-refractivity contribution in [2.45, 2.75) is 151 Å². The van der Waals surface area contributed by atoms with E-state index < -0.39 is 25.7 Å². The SMILES string of the molecule is C=C(C)CC(Cc1cc(=O)c(O[Si](C)(C)C(C)(C)C)co1)(C(=O)O[C@@H]1C[C@H](C)CC[C@H]1C(C)C)C(=O)O[C@@H]1C[C@H](C)CC[C@H]1C(C)C. The van der Waals surface area contributed by atoms with Crippen molar-refractivity contribution in [2.24, 2.45) is 40.9 Å². The smallest absolute Gasteiger partial charge is 0.324 e. The molecule has 2 fully saturated rings. The molecular formula is C39H64O7Si. The van der Waals surface area contributed by atoms with Crippen LogP contribution in [0, 0.1) is 40.9 Å². The van der Waals surface area contributed by atoms with E-state index in [1.54, 1.807) is 6.92 Å². The zero-order chi connectivity index (χ0) is 35.5. The first-order valence-electron chi connectivity index (χ1n) is 18.0. The van der Waals surface area contributed by atoms with E-state index >= 15 is 0 Å². The van der Waals surface area contributed by atoms with Gasteiger partial charge >= 0.3 is 11.9 Å². The van der Waals surface area contributed by atoms with Gasteiger partial charge in [-0.2, -0.15) is 0 Å². The molecule has 0 radical (unpaired) electrons. The molecule has 1 aromatic heterocycles. The molecule has 47 heavy (non-hydrogen) atoms. The van der Waals surface area contributed by atoms with Crippen molar-refractivity contribution < 1.29 is 27.9 Å². The number of esters is 2. The van der Waals surface area contributed by atoms with Gasteiger partial charge in [0.1, 0.15) is 24.2 Å². The van der Waals surface area contributed by atoms with Crippen LogP contribution in [0.25, 0.3) is 0 Å². The molecule has 3 rings (SSSR count). The largest absolute Gasteiger partial charge is 0.539 e. The summed E-state index contributed by atoms with van der Waals surface area (Å²) < 4.78 is 25.1. The molecule has 266 valence electrons. The third-order valence-electron chi connectivity index (χ3n) is 11.3. The van der Waals surface area contributed by atoms with Crippen LogP contribution in [0.1, 0.15) is 120 Å². The van der Waals surface area contributed by atoms with Crippen molar-refractivity contribution in [1.29, 1.82) is 0 Å². The highest BCUT2D eigenvalue weighted by molar-refractivity contribution is 6.74. The molecule has 1 heterocycles. The fourth-order valence-corrected chi connectivity index (χ4v) is 8.29. The van der Waals surface area contributed by atoms with Gasteiger partial charge in [-0.05, 0) is 92.7 Å². The predicted octanol–water partition coefficient (Wildman–Crippen LogP) is 9.53. The van der Waals surface area contributed by atoms with E-state index in [1.165, 1.54) is 12.3 Å². The second-order valence-electron chi connectivity index (χ2n) is 17.4. The first-order valence-corrected chi connectivity index (χ1v) is 20.9. The van der Waals surface area contributed by atoms with E-state index in [0.29, 0.717) is 29.2 Å². The van der Waals surface area contributed by atoms with E-state index in [1.807, 2.05) is 0 Å². The summed E-state index contributed by atoms with van der Waals surface area (Å²) in [6.45, 7) is 29.4. The Morgan fingerprint density at radius 2 is 1.38 bits per heavy atom. The van der Waals surface area contributed by atoms with Gasteiger partial charge in [0.25, 0.3) is 8.32 Å². The number of carbonyl (C=O) groups is 2. The maximum atomic E-state index is 14.7. The molecule has 0 N–H and O–H groups in total. The number of carbonyl (C=O) groups excluding carboxylic acids is 2. The molecule has 0 saturated heterocycles. The average molecular weight is 673 g/mol. The standard InChI is InChI=1S/C39H64O7Si/c1-24(2)21-39(36(41)44-33-18-27(7)14-16-30(33)25(3)4,37(42)45-34-19-28(8)15-17-31(34)26(5)6)22-29-20-32(40)35(23-43-29)46-47(12,13)38(9,10)11/h20,23,25-28,30-31,33-34H,1,14-19,21-22H2,2-13H3/t27-,28-,30+,31+,33-,34-/m1/s1. The Hall–Kier alpha value is -2.35. The van der Waals surface area contributed by atoms with Gasteiger partial charge in [0.05, 0.1) is 0 Å². The van der Waals surface area contributed by atoms with Crippen LogP contribution in [0.5, 0.6) is 5.75 Å². The van der Waals surface area contributed by atoms with Gasteiger partial charge < -0.3 is 18.3 Å². The normalized spacial score (nSPS) is 25.8. The third kappa shape index (κ3) is 9.63. The van der Waals surface area contributed by atoms with Crippen LogP contribution in [0.4, 0.5) is 0 Å². The maximum absolute atomic E-state index is 14.7. The molecule has 0 aromatic carbocycles. The van der Waals surface area contributed by atoms with Gasteiger partial charge in [-0.15, -0.1) is 6.58 Å². The summed E-state index contributed by atoms with van der Waals surface area (Å²) >= 11 is 0. The number of rotatable bonds is 12. The zero-order valence-corrected chi connectivity index (χ0v) is 32.5. The number of hydrogen-bond donors (Lipinski definition) is 0. The Morgan fingerprint density at radius 3 is 1.77 bits per heavy atom. The average Bonchev–Trinajstić information content (AvgIpc) is 2.92. The molecule has 1 aromatic rings. The lowest BCUT2D eigenvalue weighted by Crippen LogP contribution is -2.49. The van der Waals surface area contributed by atoms with Gasteiger partial charge in [-0.3, -0.25) is 14.4 Å². The summed E-state index contributed by atoms with van der Waals surface area (Å²) in [5.41, 5.74) is -1.45. The molecule has 7 nitrogen and oxygen atoms in total. The first-order chi connectivity index (χ1) is 21.7. The highest BCUT2D eigenvalue weighted by Crippen LogP contribution is 2.42. The molecule has 8 heteroatoms. The number of ether oxygens (including phenoxy) is 2. The minimum Gasteiger partial charge on any atom is -0.539 e. The van der Waals surface area contributed by atoms with E-state index in [0.717, 1.165) is 38.5 Å². The van der Waals surface area contributed by atoms with Gasteiger partial charge in [0.2, 0.25) is 5.43 Å². The van der Waals surface area contributed by atoms with Gasteiger partial charge in [-0.25, -0.2) is 0 Å². The van der Waals surface area contributed by atoms with Crippen molar-refractivity contribution in [2.75, 3.05) is 0 Å². The fraction of sp³-hybridized carbons (Fsp3) is 0.769. The summed E-state index contributed by atoms with van der Waals surface area (Å²) in [5, 5.41) is -0.114. The lowest BCUT2D eigenvalue weighted by atomic mass is 9.74. The lowest BCUT2D eigenvalue weighted by molar-refractivity contribution is -0.186. The van der Waals surface area contributed by atoms with Crippen LogP contribution < -0.4 is 9.85 Å². The molecule has 2 saturated carbocycles. The van der Waals surface area contributed by atoms with Crippen molar-refractivity contribution in [1.82, 2.24) is 0 Å². The van der Waals surface area contributed by atoms with Crippen LogP contribution >= 0.6 is 0 Å². The predicted molar refractivity (Wildman–Crippen MR) is 191 cm³/mol. The molecule has 0 amide bonds. The topological polar surface area (TPSA) is 92.0 Å². The molecule has 2 aliphatic rings. The van der Waals surface area contributed by atoms with Crippen LogP contribution in [-0.4, -0.2) is 32.5 Å². The quantitative estimate of drug-likeness (QED) is 0.0945. The summed E-state index contributed by atoms with van der Waals surface area (Å²) in [6.07, 6.45) is 6.16. The van der Waals surface area contributed by atoms with E-state index in [4.69, 9.17) is 18.3 Å². The zero-order valence-electron chi connectivity index (χ0n) is 31.5. The van der Waals surface area contributed by atoms with E-state index in [-0.39, 0.29) is 58.9 Å². The Balaban J connectivity index is 2.08. The third-order valence-corrected chi connectivity index (χ3v) is 15.7. The van der Waals surface area contributed by atoms with E-state index in [9.17, 15) is 14.4 Å². The molecule has 0 spiro atoms. The summed E-state index contributed by atoms with van der Waals surface area (Å²) in [4.78, 5) is 42.7. The van der Waals surface area contributed by atoms with Crippen molar-refractivity contribution in [3.8, 4) is 5.75 Å². The second-order valence-corrected chi connectivity index (χ2v) is 22.1. The van der Waals surface area contributed by atoms with Gasteiger partial charge in [0.15, 0.2) is 11.2 Å². The Morgan fingerprint density at radius 1 is 0.915 bits per heavy atom. The highest BCUT2D eigenvalue weighted by Gasteiger charge is 2.53. The fourth-order valence-electron chi connectivity index (χ4n) is 7.28. The first kappa shape index (κ1) is 39.1. The lowest BCUT2D eigenvalue weighted by Gasteiger charge is -2.41. The Bertz CT molecular complexity index is 1260. The summed E-state index contributed by atoms with van der Waals surface area (Å²) in [6, 6.07) is 1.36. The minimum absolute atomic E-state index is 0.0276. The van der Waals surface area contributed by atoms with Crippen LogP contribution in [-0.2, 0) is 25.5 Å². The minimum atomic E-state index is -2.31. The molecule has 0 bridgehead atoms. The van der Waals surface area contributed by atoms with Gasteiger partial charge in [-0.1, -0.05) is 80.7 Å². The molecule has 2 aliphatic carbocycles. The van der Waals surface area contributed by atoms with Crippen molar-refractivity contribution in [3.05, 3.63) is 40.5 Å². The highest BCUT2D eigenvalue weighted by atomic mass is 28.4. The Kier molecular flexibility index (Phi) is 12.9. The number of hydrogen-bond acceptors (Lipinski definition) is 7. The summed E-state index contributed by atoms with van der Waals surface area (Å²) in [5.74, 6) is 0.972.